The van der Waals surface area contributed by atoms with Crippen LogP contribution in [0.4, 0.5) is 11.4 Å². The molecular weight excluding hydrogens is 508 g/mol. The van der Waals surface area contributed by atoms with Crippen molar-refractivity contribution in [1.82, 2.24) is 0 Å². The van der Waals surface area contributed by atoms with E-state index in [9.17, 15) is 0 Å². The summed E-state index contributed by atoms with van der Waals surface area (Å²) >= 11 is 0. The monoisotopic (exact) mass is 546 g/mol. The highest BCUT2D eigenvalue weighted by Gasteiger charge is 2.42. The zero-order valence-electron chi connectivity index (χ0n) is 24.5. The molecule has 204 valence electrons. The predicted octanol–water partition coefficient (Wildman–Crippen LogP) is 5.74. The van der Waals surface area contributed by atoms with Crippen LogP contribution in [0.2, 0.25) is 0 Å². The van der Waals surface area contributed by atoms with Crippen molar-refractivity contribution in [2.45, 2.75) is 51.4 Å². The number of allylic oxidation sites excluding steroid dienone is 8. The molecule has 3 aliphatic rings. The van der Waals surface area contributed by atoms with Crippen LogP contribution in [0.5, 0.6) is 0 Å². The molecule has 2 nitrogen and oxygen atoms in total. The zero-order valence-corrected chi connectivity index (χ0v) is 25.3. The number of fused-ring (bicyclic) bond motifs is 2. The van der Waals surface area contributed by atoms with E-state index in [1.165, 1.54) is 56.2 Å². The Kier molecular flexibility index (Phi) is 7.27. The molecule has 3 aromatic rings. The van der Waals surface area contributed by atoms with Crippen molar-refractivity contribution in [1.29, 1.82) is 0 Å². The molecule has 1 aliphatic carbocycles. The van der Waals surface area contributed by atoms with Crippen LogP contribution < -0.4 is 17.3 Å². The lowest BCUT2D eigenvalue weighted by atomic mass is 9.81. The van der Waals surface area contributed by atoms with Gasteiger partial charge in [-0.2, -0.15) is 4.58 Å². The van der Waals surface area contributed by atoms with Gasteiger partial charge in [-0.05, 0) is 66.7 Å². The maximum Gasteiger partial charge on any atom is 0.209 e. The lowest BCUT2D eigenvalue weighted by Gasteiger charge is -2.24. The van der Waals surface area contributed by atoms with E-state index in [0.717, 1.165) is 12.8 Å². The quantitative estimate of drug-likeness (QED) is 0.378. The van der Waals surface area contributed by atoms with Crippen molar-refractivity contribution >= 4 is 22.7 Å². The van der Waals surface area contributed by atoms with Gasteiger partial charge in [0.25, 0.3) is 0 Å². The van der Waals surface area contributed by atoms with Gasteiger partial charge in [-0.3, -0.25) is 0 Å². The van der Waals surface area contributed by atoms with Crippen LogP contribution >= 0.6 is 0 Å². The van der Waals surface area contributed by atoms with Gasteiger partial charge in [0, 0.05) is 41.6 Å². The molecule has 0 aromatic heterocycles. The van der Waals surface area contributed by atoms with E-state index >= 15 is 0 Å². The van der Waals surface area contributed by atoms with E-state index in [2.05, 4.69) is 154 Å². The normalized spacial score (nSPS) is 21.0. The van der Waals surface area contributed by atoms with Gasteiger partial charge in [0.15, 0.2) is 5.71 Å². The lowest BCUT2D eigenvalue weighted by molar-refractivity contribution is -0.401. The Morgan fingerprint density at radius 3 is 2.08 bits per heavy atom. The molecule has 0 N–H and O–H groups in total. The second-order valence-electron chi connectivity index (χ2n) is 12.1. The molecule has 3 heteroatoms. The molecule has 6 rings (SSSR count). The number of nitrogens with zero attached hydrogens (tertiary/aromatic N) is 2. The van der Waals surface area contributed by atoms with Crippen LogP contribution in [-0.2, 0) is 10.8 Å². The van der Waals surface area contributed by atoms with Crippen LogP contribution in [-0.4, -0.2) is 24.4 Å². The first-order valence-corrected chi connectivity index (χ1v) is 14.1. The molecule has 0 unspecified atom stereocenters. The maximum atomic E-state index is 2.39. The molecule has 0 bridgehead atoms. The third kappa shape index (κ3) is 4.39. The minimum Gasteiger partial charge on any atom is -1.00 e. The number of rotatable bonds is 4. The van der Waals surface area contributed by atoms with Crippen LogP contribution in [0.3, 0.4) is 0 Å². The van der Waals surface area contributed by atoms with E-state index in [1.807, 2.05) is 0 Å². The number of benzene rings is 3. The summed E-state index contributed by atoms with van der Waals surface area (Å²) in [5, 5.41) is 0. The van der Waals surface area contributed by atoms with Gasteiger partial charge < -0.3 is 17.3 Å². The minimum absolute atomic E-state index is 0. The SMILES string of the molecule is CN1/C(=C/C=C2\CCC(/C=C/C3=[N+](C)c4ccccc4C3(C)C)=C2c2ccccc2)C(C)(C)c2ccccc21.[Cl-]. The molecule has 0 radical (unpaired) electrons. The smallest absolute Gasteiger partial charge is 0.209 e. The fourth-order valence-electron chi connectivity index (χ4n) is 7.00. The Balaban J connectivity index is 0.00000323. The van der Waals surface area contributed by atoms with Gasteiger partial charge >= 0.3 is 0 Å². The lowest BCUT2D eigenvalue weighted by Crippen LogP contribution is -3.00. The number of para-hydroxylation sites is 2. The van der Waals surface area contributed by atoms with E-state index < -0.39 is 0 Å². The van der Waals surface area contributed by atoms with Crippen LogP contribution in [0.15, 0.2) is 120 Å². The molecule has 40 heavy (non-hydrogen) atoms. The van der Waals surface area contributed by atoms with Crippen molar-refractivity contribution in [2.24, 2.45) is 0 Å². The van der Waals surface area contributed by atoms with Gasteiger partial charge in [-0.15, -0.1) is 0 Å². The number of halogens is 1. The fourth-order valence-corrected chi connectivity index (χ4v) is 7.00. The molecule has 0 saturated carbocycles. The highest BCUT2D eigenvalue weighted by molar-refractivity contribution is 6.03. The van der Waals surface area contributed by atoms with Gasteiger partial charge in [0.1, 0.15) is 7.05 Å². The second-order valence-corrected chi connectivity index (χ2v) is 12.1. The first-order chi connectivity index (χ1) is 18.7. The Bertz CT molecular complexity index is 1610. The summed E-state index contributed by atoms with van der Waals surface area (Å²) in [7, 11) is 4.40. The standard InChI is InChI=1S/C37H39N2.ClH/c1-36(2)29-16-10-12-18-31(29)38(5)33(36)24-22-27-20-21-28(35(27)26-14-8-7-9-15-26)23-25-34-37(3,4)30-17-11-13-19-32(30)39(34)6;/h7-19,22-25H,20-21H2,1-6H3;1H/q+1;/p-1. The van der Waals surface area contributed by atoms with Gasteiger partial charge in [-0.25, -0.2) is 0 Å². The summed E-state index contributed by atoms with van der Waals surface area (Å²) in [5.41, 5.74) is 13.6. The Labute approximate surface area is 246 Å². The molecule has 0 fully saturated rings. The van der Waals surface area contributed by atoms with Crippen LogP contribution in [0, 0.1) is 0 Å². The molecule has 0 amide bonds. The predicted molar refractivity (Wildman–Crippen MR) is 166 cm³/mol. The van der Waals surface area contributed by atoms with Crippen molar-refractivity contribution < 1.29 is 17.0 Å². The van der Waals surface area contributed by atoms with Gasteiger partial charge in [0.2, 0.25) is 5.69 Å². The maximum absolute atomic E-state index is 2.39. The second kappa shape index (κ2) is 10.4. The molecule has 3 aromatic carbocycles. The van der Waals surface area contributed by atoms with Gasteiger partial charge in [-0.1, -0.05) is 92.7 Å². The summed E-state index contributed by atoms with van der Waals surface area (Å²) in [4.78, 5) is 2.36. The first-order valence-electron chi connectivity index (χ1n) is 14.1. The van der Waals surface area contributed by atoms with Crippen molar-refractivity contribution in [3.63, 3.8) is 0 Å². The highest BCUT2D eigenvalue weighted by atomic mass is 35.5. The summed E-state index contributed by atoms with van der Waals surface area (Å²) in [6, 6.07) is 28.5. The zero-order chi connectivity index (χ0) is 27.4. The molecule has 2 heterocycles. The fraction of sp³-hybridized carbons (Fsp3) is 0.270. The minimum atomic E-state index is -0.0232. The molecule has 0 spiro atoms. The van der Waals surface area contributed by atoms with E-state index in [-0.39, 0.29) is 23.2 Å². The summed E-state index contributed by atoms with van der Waals surface area (Å²) in [6.45, 7) is 9.36. The Morgan fingerprint density at radius 2 is 1.38 bits per heavy atom. The van der Waals surface area contributed by atoms with E-state index in [0.29, 0.717) is 0 Å². The molecular formula is C37H39ClN2. The summed E-state index contributed by atoms with van der Waals surface area (Å²) in [6.07, 6.45) is 11.6. The average molecular weight is 547 g/mol. The van der Waals surface area contributed by atoms with Crippen molar-refractivity contribution in [3.05, 3.63) is 137 Å². The average Bonchev–Trinajstić information content (AvgIpc) is 3.49. The van der Waals surface area contributed by atoms with Gasteiger partial charge in [0.05, 0.1) is 5.41 Å². The Morgan fingerprint density at radius 1 is 0.725 bits per heavy atom. The Hall–Kier alpha value is -3.62. The third-order valence-electron chi connectivity index (χ3n) is 9.13. The van der Waals surface area contributed by atoms with Crippen LogP contribution in [0.25, 0.3) is 5.57 Å². The number of anilines is 1. The number of hydrogen-bond donors (Lipinski definition) is 0. The van der Waals surface area contributed by atoms with E-state index in [1.54, 1.807) is 0 Å². The topological polar surface area (TPSA) is 6.25 Å². The van der Waals surface area contributed by atoms with Crippen molar-refractivity contribution in [2.75, 3.05) is 19.0 Å². The largest absolute Gasteiger partial charge is 1.00 e. The highest BCUT2D eigenvalue weighted by Crippen LogP contribution is 2.47. The van der Waals surface area contributed by atoms with Crippen LogP contribution in [0.1, 0.15) is 57.2 Å². The number of hydrogen-bond acceptors (Lipinski definition) is 1. The first kappa shape index (κ1) is 27.9. The number of likely N-dealkylation sites (N-methyl/N-ethyl adjacent to an activating group) is 1. The summed E-state index contributed by atoms with van der Waals surface area (Å²) < 4.78 is 2.36. The summed E-state index contributed by atoms with van der Waals surface area (Å²) in [5.74, 6) is 0. The van der Waals surface area contributed by atoms with E-state index in [4.69, 9.17) is 0 Å². The molecule has 0 atom stereocenters. The molecule has 0 saturated heterocycles. The third-order valence-corrected chi connectivity index (χ3v) is 9.13. The van der Waals surface area contributed by atoms with Crippen molar-refractivity contribution in [3.8, 4) is 0 Å². The molecule has 2 aliphatic heterocycles.